The number of benzene rings is 2. The third-order valence-corrected chi connectivity index (χ3v) is 4.68. The van der Waals surface area contributed by atoms with Gasteiger partial charge in [0.2, 0.25) is 0 Å². The molecular weight excluding hydrogens is 396 g/mol. The average molecular weight is 405 g/mol. The number of ether oxygens (including phenoxy) is 1. The standard InChI is InChI=1S/C17H9F6NO2S/c18-9-1-2-11(8(5-9)7-24)26-12-3-4-13(27-17(21,22)23)14-10(12)6-16(19,20)15(14)25/h1-5,15,25H,6H2. The Morgan fingerprint density at radius 2 is 1.85 bits per heavy atom. The van der Waals surface area contributed by atoms with Crippen molar-refractivity contribution in [2.24, 2.45) is 0 Å². The maximum Gasteiger partial charge on any atom is 0.446 e. The van der Waals surface area contributed by atoms with Gasteiger partial charge in [-0.3, -0.25) is 0 Å². The summed E-state index contributed by atoms with van der Waals surface area (Å²) in [4.78, 5) is -0.561. The second-order valence-electron chi connectivity index (χ2n) is 5.70. The summed E-state index contributed by atoms with van der Waals surface area (Å²) in [5.74, 6) is -4.79. The molecule has 142 valence electrons. The number of alkyl halides is 5. The summed E-state index contributed by atoms with van der Waals surface area (Å²) in [6.45, 7) is 0. The van der Waals surface area contributed by atoms with Gasteiger partial charge in [0.25, 0.3) is 5.92 Å². The van der Waals surface area contributed by atoms with E-state index in [1.54, 1.807) is 6.07 Å². The van der Waals surface area contributed by atoms with Crippen LogP contribution in [0.2, 0.25) is 0 Å². The molecule has 1 aliphatic carbocycles. The highest BCUT2D eigenvalue weighted by Crippen LogP contribution is 2.52. The number of hydrogen-bond donors (Lipinski definition) is 1. The van der Waals surface area contributed by atoms with E-state index in [0.29, 0.717) is 0 Å². The first-order valence-electron chi connectivity index (χ1n) is 7.37. The van der Waals surface area contributed by atoms with Crippen LogP contribution in [-0.2, 0) is 6.42 Å². The van der Waals surface area contributed by atoms with Crippen molar-refractivity contribution in [3.05, 3.63) is 52.8 Å². The molecule has 2 aromatic carbocycles. The highest BCUT2D eigenvalue weighted by molar-refractivity contribution is 8.00. The van der Waals surface area contributed by atoms with Gasteiger partial charge in [-0.25, -0.2) is 13.2 Å². The third kappa shape index (κ3) is 3.84. The Kier molecular flexibility index (Phi) is 4.78. The minimum atomic E-state index is -4.74. The summed E-state index contributed by atoms with van der Waals surface area (Å²) in [6.07, 6.45) is -3.46. The minimum absolute atomic E-state index is 0.151. The smallest absolute Gasteiger partial charge is 0.446 e. The van der Waals surface area contributed by atoms with Gasteiger partial charge in [-0.05, 0) is 42.1 Å². The Morgan fingerprint density at radius 1 is 1.19 bits per heavy atom. The fourth-order valence-electron chi connectivity index (χ4n) is 2.76. The van der Waals surface area contributed by atoms with Gasteiger partial charge in [0.05, 0.1) is 5.56 Å². The van der Waals surface area contributed by atoms with Crippen LogP contribution in [0.25, 0.3) is 0 Å². The number of fused-ring (bicyclic) bond motifs is 1. The summed E-state index contributed by atoms with van der Waals surface area (Å²) in [5.41, 5.74) is -5.82. The predicted molar refractivity (Wildman–Crippen MR) is 83.2 cm³/mol. The molecule has 0 bridgehead atoms. The third-order valence-electron chi connectivity index (χ3n) is 3.87. The number of thioether (sulfide) groups is 1. The Hall–Kier alpha value is -2.38. The first-order chi connectivity index (χ1) is 12.5. The molecule has 3 rings (SSSR count). The van der Waals surface area contributed by atoms with E-state index in [1.807, 2.05) is 0 Å². The zero-order valence-electron chi connectivity index (χ0n) is 13.1. The number of aliphatic hydroxyl groups excluding tert-OH is 1. The van der Waals surface area contributed by atoms with Crippen molar-refractivity contribution < 1.29 is 36.2 Å². The second kappa shape index (κ2) is 6.65. The fraction of sp³-hybridized carbons (Fsp3) is 0.235. The first kappa shape index (κ1) is 19.4. The molecule has 0 fully saturated rings. The number of nitriles is 1. The Labute approximate surface area is 153 Å². The lowest BCUT2D eigenvalue weighted by atomic mass is 10.1. The van der Waals surface area contributed by atoms with Crippen LogP contribution >= 0.6 is 11.8 Å². The molecule has 0 spiro atoms. The van der Waals surface area contributed by atoms with Crippen molar-refractivity contribution >= 4 is 11.8 Å². The average Bonchev–Trinajstić information content (AvgIpc) is 2.80. The van der Waals surface area contributed by atoms with Crippen molar-refractivity contribution in [3.8, 4) is 17.6 Å². The monoisotopic (exact) mass is 405 g/mol. The lowest BCUT2D eigenvalue weighted by molar-refractivity contribution is -0.0977. The molecule has 1 aliphatic rings. The van der Waals surface area contributed by atoms with E-state index in [2.05, 4.69) is 0 Å². The van der Waals surface area contributed by atoms with Gasteiger partial charge in [0.1, 0.15) is 29.5 Å². The van der Waals surface area contributed by atoms with Crippen LogP contribution in [0.1, 0.15) is 22.8 Å². The highest BCUT2D eigenvalue weighted by atomic mass is 32.2. The van der Waals surface area contributed by atoms with Crippen molar-refractivity contribution in [2.75, 3.05) is 0 Å². The van der Waals surface area contributed by atoms with E-state index in [4.69, 9.17) is 10.00 Å². The van der Waals surface area contributed by atoms with E-state index in [0.717, 1.165) is 30.3 Å². The highest BCUT2D eigenvalue weighted by Gasteiger charge is 2.50. The van der Waals surface area contributed by atoms with E-state index in [-0.39, 0.29) is 22.6 Å². The van der Waals surface area contributed by atoms with Gasteiger partial charge >= 0.3 is 5.51 Å². The van der Waals surface area contributed by atoms with Gasteiger partial charge in [0, 0.05) is 22.4 Å². The molecule has 0 heterocycles. The lowest BCUT2D eigenvalue weighted by Crippen LogP contribution is -2.21. The fourth-order valence-corrected chi connectivity index (χ4v) is 3.49. The molecule has 0 saturated heterocycles. The molecule has 0 aliphatic heterocycles. The molecule has 1 atom stereocenters. The molecule has 10 heteroatoms. The van der Waals surface area contributed by atoms with Crippen molar-refractivity contribution in [3.63, 3.8) is 0 Å². The van der Waals surface area contributed by atoms with E-state index in [1.165, 1.54) is 0 Å². The van der Waals surface area contributed by atoms with Crippen LogP contribution in [0.3, 0.4) is 0 Å². The number of aliphatic hydroxyl groups is 1. The zero-order chi connectivity index (χ0) is 20.0. The summed E-state index contributed by atoms with van der Waals surface area (Å²) in [6, 6.07) is 6.58. The number of nitrogens with zero attached hydrogens (tertiary/aromatic N) is 1. The van der Waals surface area contributed by atoms with Crippen LogP contribution in [0.5, 0.6) is 11.5 Å². The largest absolute Gasteiger partial charge is 0.456 e. The van der Waals surface area contributed by atoms with Crippen LogP contribution in [0.15, 0.2) is 35.2 Å². The van der Waals surface area contributed by atoms with Gasteiger partial charge in [-0.15, -0.1) is 0 Å². The second-order valence-corrected chi connectivity index (χ2v) is 6.80. The topological polar surface area (TPSA) is 53.2 Å². The molecule has 3 nitrogen and oxygen atoms in total. The lowest BCUT2D eigenvalue weighted by Gasteiger charge is -2.17. The first-order valence-corrected chi connectivity index (χ1v) is 8.18. The maximum atomic E-state index is 14.0. The maximum absolute atomic E-state index is 14.0. The Morgan fingerprint density at radius 3 is 2.48 bits per heavy atom. The SMILES string of the molecule is N#Cc1cc(F)ccc1Oc1ccc(SC(F)(F)F)c2c1CC(F)(F)C2O. The summed E-state index contributed by atoms with van der Waals surface area (Å²) in [5, 5.41) is 18.9. The molecule has 1 N–H and O–H groups in total. The van der Waals surface area contributed by atoms with E-state index in [9.17, 15) is 31.4 Å². The van der Waals surface area contributed by atoms with E-state index < -0.39 is 52.0 Å². The predicted octanol–water partition coefficient (Wildman–Crippen LogP) is 5.33. The number of hydrogen-bond acceptors (Lipinski definition) is 4. The molecule has 1 unspecified atom stereocenters. The van der Waals surface area contributed by atoms with Crippen molar-refractivity contribution in [1.82, 2.24) is 0 Å². The van der Waals surface area contributed by atoms with Gasteiger partial charge in [0.15, 0.2) is 0 Å². The summed E-state index contributed by atoms with van der Waals surface area (Å²) < 4.78 is 84.6. The molecule has 0 amide bonds. The summed E-state index contributed by atoms with van der Waals surface area (Å²) in [7, 11) is 0. The molecular formula is C17H9F6NO2S. The van der Waals surface area contributed by atoms with Crippen molar-refractivity contribution in [1.29, 1.82) is 5.26 Å². The van der Waals surface area contributed by atoms with E-state index >= 15 is 0 Å². The van der Waals surface area contributed by atoms with Crippen LogP contribution < -0.4 is 4.74 Å². The van der Waals surface area contributed by atoms with Crippen LogP contribution in [-0.4, -0.2) is 16.5 Å². The Balaban J connectivity index is 2.08. The quantitative estimate of drug-likeness (QED) is 0.554. The van der Waals surface area contributed by atoms with Crippen LogP contribution in [0.4, 0.5) is 26.3 Å². The number of rotatable bonds is 3. The molecule has 27 heavy (non-hydrogen) atoms. The van der Waals surface area contributed by atoms with Crippen molar-refractivity contribution in [2.45, 2.75) is 28.9 Å². The van der Waals surface area contributed by atoms with Crippen LogP contribution in [0, 0.1) is 17.1 Å². The summed E-state index contributed by atoms with van der Waals surface area (Å²) >= 11 is -0.616. The Bertz CT molecular complexity index is 938. The van der Waals surface area contributed by atoms with Gasteiger partial charge in [-0.2, -0.15) is 18.4 Å². The zero-order valence-corrected chi connectivity index (χ0v) is 14.0. The molecule has 0 radical (unpaired) electrons. The number of halogens is 6. The molecule has 2 aromatic rings. The molecule has 0 saturated carbocycles. The normalized spacial score (nSPS) is 18.1. The molecule has 0 aromatic heterocycles. The minimum Gasteiger partial charge on any atom is -0.456 e. The van der Waals surface area contributed by atoms with Gasteiger partial charge < -0.3 is 9.84 Å². The van der Waals surface area contributed by atoms with Gasteiger partial charge in [-0.1, -0.05) is 0 Å².